The molecule has 0 spiro atoms. The van der Waals surface area contributed by atoms with Crippen molar-refractivity contribution in [2.24, 2.45) is 5.92 Å². The number of hydrogen-bond acceptors (Lipinski definition) is 3. The van der Waals surface area contributed by atoms with E-state index in [1.807, 2.05) is 13.0 Å². The minimum absolute atomic E-state index is 0.0487. The van der Waals surface area contributed by atoms with Gasteiger partial charge in [-0.25, -0.2) is 0 Å². The van der Waals surface area contributed by atoms with Crippen LogP contribution in [0.3, 0.4) is 0 Å². The first kappa shape index (κ1) is 20.7. The van der Waals surface area contributed by atoms with Crippen LogP contribution < -0.4 is 15.4 Å². The van der Waals surface area contributed by atoms with E-state index in [-0.39, 0.29) is 29.6 Å². The van der Waals surface area contributed by atoms with Gasteiger partial charge < -0.3 is 15.4 Å². The number of amides is 2. The second-order valence-corrected chi connectivity index (χ2v) is 7.06. The van der Waals surface area contributed by atoms with Crippen molar-refractivity contribution in [2.45, 2.75) is 32.4 Å². The number of carbonyl (C=O) groups is 2. The Balaban J connectivity index is 1.79. The van der Waals surface area contributed by atoms with E-state index in [0.717, 1.165) is 30.5 Å². The molecule has 1 saturated carbocycles. The minimum Gasteiger partial charge on any atom is -0.496 e. The fourth-order valence-electron chi connectivity index (χ4n) is 2.97. The van der Waals surface area contributed by atoms with E-state index in [2.05, 4.69) is 10.6 Å². The third-order valence-electron chi connectivity index (χ3n) is 4.60. The summed E-state index contributed by atoms with van der Waals surface area (Å²) in [4.78, 5) is 24.2. The molecule has 0 heterocycles. The number of benzene rings is 2. The molecule has 1 aliphatic rings. The van der Waals surface area contributed by atoms with Gasteiger partial charge in [0.15, 0.2) is 0 Å². The number of rotatable bonds is 6. The molecule has 0 aliphatic heterocycles. The molecular formula is C21H21F3N2O3. The summed E-state index contributed by atoms with van der Waals surface area (Å²) in [5.41, 5.74) is 0.147. The number of anilines is 2. The number of carbonyl (C=O) groups excluding carboxylic acids is 2. The van der Waals surface area contributed by atoms with Crippen molar-refractivity contribution in [3.8, 4) is 5.75 Å². The van der Waals surface area contributed by atoms with Crippen molar-refractivity contribution < 1.29 is 27.5 Å². The molecule has 3 rings (SSSR count). The summed E-state index contributed by atoms with van der Waals surface area (Å²) in [6, 6.07) is 8.60. The second-order valence-electron chi connectivity index (χ2n) is 7.06. The average Bonchev–Trinajstić information content (AvgIpc) is 3.47. The summed E-state index contributed by atoms with van der Waals surface area (Å²) in [5, 5.41) is 4.81. The highest BCUT2D eigenvalue weighted by Gasteiger charge is 2.35. The fourth-order valence-corrected chi connectivity index (χ4v) is 2.97. The number of aryl methyl sites for hydroxylation is 1. The van der Waals surface area contributed by atoms with E-state index in [1.165, 1.54) is 13.2 Å². The number of halogens is 3. The van der Waals surface area contributed by atoms with Crippen molar-refractivity contribution >= 4 is 23.2 Å². The SMILES string of the molecule is COc1ccc(C)cc1CC(=O)Nc1ccc(NC(=O)C2CC2)cc1C(F)(F)F. The van der Waals surface area contributed by atoms with Crippen molar-refractivity contribution in [3.63, 3.8) is 0 Å². The smallest absolute Gasteiger partial charge is 0.418 e. The first-order valence-corrected chi connectivity index (χ1v) is 9.13. The maximum absolute atomic E-state index is 13.5. The van der Waals surface area contributed by atoms with Crippen LogP contribution >= 0.6 is 0 Å². The Bertz CT molecular complexity index is 937. The molecular weight excluding hydrogens is 385 g/mol. The minimum atomic E-state index is -4.69. The van der Waals surface area contributed by atoms with Crippen molar-refractivity contribution in [2.75, 3.05) is 17.7 Å². The van der Waals surface area contributed by atoms with Crippen LogP contribution in [0.25, 0.3) is 0 Å². The molecule has 2 aromatic carbocycles. The third kappa shape index (κ3) is 5.28. The molecule has 2 amide bonds. The first-order valence-electron chi connectivity index (χ1n) is 9.13. The fraction of sp³-hybridized carbons (Fsp3) is 0.333. The van der Waals surface area contributed by atoms with Gasteiger partial charge >= 0.3 is 6.18 Å². The Labute approximate surface area is 166 Å². The largest absolute Gasteiger partial charge is 0.496 e. The van der Waals surface area contributed by atoms with Crippen LogP contribution in [-0.2, 0) is 22.2 Å². The maximum atomic E-state index is 13.5. The van der Waals surface area contributed by atoms with Crippen molar-refractivity contribution in [1.29, 1.82) is 0 Å². The third-order valence-corrected chi connectivity index (χ3v) is 4.60. The molecule has 1 fully saturated rings. The van der Waals surface area contributed by atoms with E-state index in [9.17, 15) is 22.8 Å². The topological polar surface area (TPSA) is 67.4 Å². The Morgan fingerprint density at radius 2 is 1.83 bits per heavy atom. The number of methoxy groups -OCH3 is 1. The molecule has 0 radical (unpaired) electrons. The zero-order chi connectivity index (χ0) is 21.2. The van der Waals surface area contributed by atoms with Crippen LogP contribution in [0, 0.1) is 12.8 Å². The van der Waals surface area contributed by atoms with E-state index < -0.39 is 17.6 Å². The number of hydrogen-bond donors (Lipinski definition) is 2. The van der Waals surface area contributed by atoms with Gasteiger partial charge in [0.1, 0.15) is 5.75 Å². The Hall–Kier alpha value is -3.03. The van der Waals surface area contributed by atoms with Gasteiger partial charge in [0.2, 0.25) is 11.8 Å². The highest BCUT2D eigenvalue weighted by Crippen LogP contribution is 2.37. The molecule has 0 atom stereocenters. The summed E-state index contributed by atoms with van der Waals surface area (Å²) >= 11 is 0. The van der Waals surface area contributed by atoms with E-state index in [0.29, 0.717) is 11.3 Å². The van der Waals surface area contributed by atoms with Gasteiger partial charge in [-0.05, 0) is 44.0 Å². The molecule has 29 heavy (non-hydrogen) atoms. The highest BCUT2D eigenvalue weighted by atomic mass is 19.4. The van der Waals surface area contributed by atoms with E-state index in [4.69, 9.17) is 4.74 Å². The molecule has 1 aliphatic carbocycles. The summed E-state index contributed by atoms with van der Waals surface area (Å²) < 4.78 is 45.7. The molecule has 5 nitrogen and oxygen atoms in total. The predicted octanol–water partition coefficient (Wildman–Crippen LogP) is 4.55. The second kappa shape index (κ2) is 8.14. The lowest BCUT2D eigenvalue weighted by Gasteiger charge is -2.16. The van der Waals surface area contributed by atoms with Crippen LogP contribution in [0.1, 0.15) is 29.5 Å². The molecule has 0 aromatic heterocycles. The summed E-state index contributed by atoms with van der Waals surface area (Å²) in [7, 11) is 1.46. The standard InChI is InChI=1S/C21H21F3N2O3/c1-12-3-8-18(29-2)14(9-12)10-19(27)26-17-7-6-15(11-16(17)21(22,23)24)25-20(28)13-4-5-13/h3,6-9,11,13H,4-5,10H2,1-2H3,(H,25,28)(H,26,27). The van der Waals surface area contributed by atoms with Crippen LogP contribution in [0.4, 0.5) is 24.5 Å². The number of nitrogens with one attached hydrogen (secondary N) is 2. The maximum Gasteiger partial charge on any atom is 0.418 e. The molecule has 154 valence electrons. The van der Waals surface area contributed by atoms with Crippen LogP contribution in [-0.4, -0.2) is 18.9 Å². The Kier molecular flexibility index (Phi) is 5.81. The highest BCUT2D eigenvalue weighted by molar-refractivity contribution is 5.96. The van der Waals surface area contributed by atoms with Gasteiger partial charge in [0, 0.05) is 17.2 Å². The molecule has 8 heteroatoms. The number of ether oxygens (including phenoxy) is 1. The van der Waals surface area contributed by atoms with Gasteiger partial charge in [0.25, 0.3) is 0 Å². The monoisotopic (exact) mass is 406 g/mol. The Morgan fingerprint density at radius 3 is 2.45 bits per heavy atom. The van der Waals surface area contributed by atoms with Gasteiger partial charge in [-0.15, -0.1) is 0 Å². The van der Waals surface area contributed by atoms with Gasteiger partial charge in [-0.3, -0.25) is 9.59 Å². The quantitative estimate of drug-likeness (QED) is 0.740. The number of alkyl halides is 3. The van der Waals surface area contributed by atoms with Gasteiger partial charge in [0.05, 0.1) is 24.8 Å². The predicted molar refractivity (Wildman–Crippen MR) is 103 cm³/mol. The van der Waals surface area contributed by atoms with Crippen LogP contribution in [0.15, 0.2) is 36.4 Å². The van der Waals surface area contributed by atoms with E-state index >= 15 is 0 Å². The zero-order valence-corrected chi connectivity index (χ0v) is 16.0. The summed E-state index contributed by atoms with van der Waals surface area (Å²) in [6.07, 6.45) is -3.34. The van der Waals surface area contributed by atoms with Gasteiger partial charge in [-0.1, -0.05) is 17.7 Å². The van der Waals surface area contributed by atoms with Gasteiger partial charge in [-0.2, -0.15) is 13.2 Å². The molecule has 0 saturated heterocycles. The lowest BCUT2D eigenvalue weighted by Crippen LogP contribution is -2.19. The Morgan fingerprint density at radius 1 is 1.10 bits per heavy atom. The zero-order valence-electron chi connectivity index (χ0n) is 16.0. The molecule has 2 N–H and O–H groups in total. The molecule has 0 bridgehead atoms. The summed E-state index contributed by atoms with van der Waals surface area (Å²) in [5.74, 6) is -0.538. The van der Waals surface area contributed by atoms with Crippen molar-refractivity contribution in [1.82, 2.24) is 0 Å². The molecule has 2 aromatic rings. The van der Waals surface area contributed by atoms with Crippen LogP contribution in [0.5, 0.6) is 5.75 Å². The lowest BCUT2D eigenvalue weighted by molar-refractivity contribution is -0.137. The average molecular weight is 406 g/mol. The van der Waals surface area contributed by atoms with Crippen molar-refractivity contribution in [3.05, 3.63) is 53.1 Å². The first-order chi connectivity index (χ1) is 13.7. The molecule has 0 unspecified atom stereocenters. The van der Waals surface area contributed by atoms with E-state index in [1.54, 1.807) is 12.1 Å². The van der Waals surface area contributed by atoms with Crippen LogP contribution in [0.2, 0.25) is 0 Å². The summed E-state index contributed by atoms with van der Waals surface area (Å²) in [6.45, 7) is 1.84. The normalized spacial score (nSPS) is 13.7. The lowest BCUT2D eigenvalue weighted by atomic mass is 10.1.